The van der Waals surface area contributed by atoms with Gasteiger partial charge in [-0.25, -0.2) is 14.3 Å². The maximum atomic E-state index is 12.7. The van der Waals surface area contributed by atoms with E-state index in [1.165, 1.54) is 4.52 Å². The van der Waals surface area contributed by atoms with E-state index in [0.29, 0.717) is 23.7 Å². The lowest BCUT2D eigenvalue weighted by Gasteiger charge is -2.38. The molecule has 3 rings (SSSR count). The normalized spacial score (nSPS) is 21.2. The summed E-state index contributed by atoms with van der Waals surface area (Å²) in [6.07, 6.45) is 1.44. The van der Waals surface area contributed by atoms with E-state index >= 15 is 0 Å². The highest BCUT2D eigenvalue weighted by Gasteiger charge is 2.35. The first kappa shape index (κ1) is 18.5. The van der Waals surface area contributed by atoms with Gasteiger partial charge in [0.05, 0.1) is 11.7 Å². The molecule has 1 amide bonds. The molecule has 1 saturated heterocycles. The van der Waals surface area contributed by atoms with Gasteiger partial charge in [-0.05, 0) is 53.4 Å². The van der Waals surface area contributed by atoms with Crippen LogP contribution in [0, 0.1) is 19.8 Å². The summed E-state index contributed by atoms with van der Waals surface area (Å²) in [5, 5.41) is 3.16. The van der Waals surface area contributed by atoms with Crippen molar-refractivity contribution in [1.29, 1.82) is 0 Å². The summed E-state index contributed by atoms with van der Waals surface area (Å²) in [6, 6.07) is 1.71. The smallest absolute Gasteiger partial charge is 0.410 e. The summed E-state index contributed by atoms with van der Waals surface area (Å²) in [7, 11) is 0. The SMILES string of the molecule is Cc1nc2cc([C@@H]3C[C@H](C)CCN3C(=O)OC(C)(C)C)[nH]n2c(=O)c1C. The highest BCUT2D eigenvalue weighted by Crippen LogP contribution is 2.34. The number of aromatic nitrogens is 3. The fraction of sp³-hybridized carbons (Fsp3) is 0.632. The second-order valence-electron chi connectivity index (χ2n) is 8.35. The van der Waals surface area contributed by atoms with Gasteiger partial charge in [0.1, 0.15) is 5.60 Å². The highest BCUT2D eigenvalue weighted by atomic mass is 16.6. The first-order valence-corrected chi connectivity index (χ1v) is 9.15. The van der Waals surface area contributed by atoms with Crippen molar-refractivity contribution in [3.8, 4) is 0 Å². The van der Waals surface area contributed by atoms with Crippen LogP contribution >= 0.6 is 0 Å². The second-order valence-corrected chi connectivity index (χ2v) is 8.35. The predicted molar refractivity (Wildman–Crippen MR) is 99.4 cm³/mol. The van der Waals surface area contributed by atoms with Gasteiger partial charge in [-0.2, -0.15) is 0 Å². The van der Waals surface area contributed by atoms with Gasteiger partial charge in [0.25, 0.3) is 5.56 Å². The lowest BCUT2D eigenvalue weighted by Crippen LogP contribution is -2.43. The van der Waals surface area contributed by atoms with Gasteiger partial charge in [0, 0.05) is 23.9 Å². The lowest BCUT2D eigenvalue weighted by molar-refractivity contribution is 0.00450. The molecular weight excluding hydrogens is 332 g/mol. The Morgan fingerprint density at radius 2 is 2.04 bits per heavy atom. The monoisotopic (exact) mass is 360 g/mol. The Balaban J connectivity index is 2.01. The van der Waals surface area contributed by atoms with E-state index < -0.39 is 5.60 Å². The molecule has 7 nitrogen and oxygen atoms in total. The summed E-state index contributed by atoms with van der Waals surface area (Å²) in [4.78, 5) is 31.5. The number of nitrogens with zero attached hydrogens (tertiary/aromatic N) is 3. The molecule has 0 spiro atoms. The maximum Gasteiger partial charge on any atom is 0.410 e. The van der Waals surface area contributed by atoms with Crippen molar-refractivity contribution < 1.29 is 9.53 Å². The Bertz CT molecular complexity index is 891. The molecule has 3 heterocycles. The molecule has 0 aliphatic carbocycles. The van der Waals surface area contributed by atoms with Crippen molar-refractivity contribution in [2.75, 3.05) is 6.54 Å². The summed E-state index contributed by atoms with van der Waals surface area (Å²) >= 11 is 0. The van der Waals surface area contributed by atoms with Gasteiger partial charge in [-0.15, -0.1) is 0 Å². The Morgan fingerprint density at radius 1 is 1.35 bits per heavy atom. The molecule has 2 aromatic rings. The number of carbonyl (C=O) groups is 1. The molecule has 1 fully saturated rings. The van der Waals surface area contributed by atoms with Crippen LogP contribution in [-0.4, -0.2) is 37.7 Å². The second kappa shape index (κ2) is 6.45. The molecule has 1 N–H and O–H groups in total. The number of likely N-dealkylation sites (tertiary alicyclic amines) is 1. The first-order chi connectivity index (χ1) is 12.1. The Morgan fingerprint density at radius 3 is 2.69 bits per heavy atom. The molecule has 2 atom stereocenters. The van der Waals surface area contributed by atoms with E-state index in [1.54, 1.807) is 11.8 Å². The molecule has 0 unspecified atom stereocenters. The number of H-pyrrole nitrogens is 1. The van der Waals surface area contributed by atoms with E-state index in [0.717, 1.165) is 24.2 Å². The van der Waals surface area contributed by atoms with Crippen LogP contribution < -0.4 is 5.56 Å². The zero-order chi connectivity index (χ0) is 19.2. The van der Waals surface area contributed by atoms with Gasteiger partial charge in [0.2, 0.25) is 0 Å². The third-order valence-electron chi connectivity index (χ3n) is 4.96. The predicted octanol–water partition coefficient (Wildman–Crippen LogP) is 3.35. The molecule has 2 aromatic heterocycles. The molecule has 0 saturated carbocycles. The third-order valence-corrected chi connectivity index (χ3v) is 4.96. The number of hydrogen-bond donors (Lipinski definition) is 1. The van der Waals surface area contributed by atoms with E-state index in [4.69, 9.17) is 4.74 Å². The molecule has 0 bridgehead atoms. The van der Waals surface area contributed by atoms with E-state index in [9.17, 15) is 9.59 Å². The van der Waals surface area contributed by atoms with Crippen LogP contribution in [0.4, 0.5) is 4.79 Å². The van der Waals surface area contributed by atoms with Crippen LogP contribution in [0.1, 0.15) is 63.5 Å². The number of piperidine rings is 1. The number of amides is 1. The summed E-state index contributed by atoms with van der Waals surface area (Å²) in [5.41, 5.74) is 2.09. The fourth-order valence-electron chi connectivity index (χ4n) is 3.38. The van der Waals surface area contributed by atoms with Gasteiger partial charge in [-0.3, -0.25) is 14.8 Å². The van der Waals surface area contributed by atoms with Crippen LogP contribution in [0.5, 0.6) is 0 Å². The molecule has 7 heteroatoms. The number of fused-ring (bicyclic) bond motifs is 1. The Labute approximate surface area is 153 Å². The number of rotatable bonds is 1. The number of aryl methyl sites for hydroxylation is 1. The molecule has 0 radical (unpaired) electrons. The Hall–Kier alpha value is -2.31. The van der Waals surface area contributed by atoms with Crippen LogP contribution in [0.3, 0.4) is 0 Å². The minimum atomic E-state index is -0.544. The molecule has 0 aromatic carbocycles. The lowest BCUT2D eigenvalue weighted by atomic mass is 9.91. The van der Waals surface area contributed by atoms with Crippen molar-refractivity contribution in [2.24, 2.45) is 5.92 Å². The molecule has 142 valence electrons. The fourth-order valence-corrected chi connectivity index (χ4v) is 3.38. The zero-order valence-electron chi connectivity index (χ0n) is 16.4. The van der Waals surface area contributed by atoms with Gasteiger partial charge < -0.3 is 4.74 Å². The molecule has 26 heavy (non-hydrogen) atoms. The van der Waals surface area contributed by atoms with Gasteiger partial charge >= 0.3 is 6.09 Å². The van der Waals surface area contributed by atoms with Crippen molar-refractivity contribution in [1.82, 2.24) is 19.5 Å². The van der Waals surface area contributed by atoms with E-state index in [2.05, 4.69) is 17.0 Å². The van der Waals surface area contributed by atoms with Gasteiger partial charge in [-0.1, -0.05) is 6.92 Å². The van der Waals surface area contributed by atoms with Gasteiger partial charge in [0.15, 0.2) is 5.65 Å². The van der Waals surface area contributed by atoms with E-state index in [-0.39, 0.29) is 17.7 Å². The van der Waals surface area contributed by atoms with Crippen molar-refractivity contribution in [3.63, 3.8) is 0 Å². The standard InChI is InChI=1S/C19H28N4O3/c1-11-7-8-22(18(25)26-19(4,5)6)15(9-11)14-10-16-20-13(3)12(2)17(24)23(16)21-14/h10-11,15,21H,7-9H2,1-6H3/t11-,15+/m1/s1. The third kappa shape index (κ3) is 3.48. The van der Waals surface area contributed by atoms with E-state index in [1.807, 2.05) is 33.8 Å². The van der Waals surface area contributed by atoms with Crippen LogP contribution in [0.2, 0.25) is 0 Å². The number of nitrogens with one attached hydrogen (secondary N) is 1. The molecular formula is C19H28N4O3. The van der Waals surface area contributed by atoms with Crippen LogP contribution in [-0.2, 0) is 4.74 Å². The van der Waals surface area contributed by atoms with Crippen molar-refractivity contribution in [2.45, 2.75) is 66.0 Å². The summed E-state index contributed by atoms with van der Waals surface area (Å²) in [6.45, 7) is 12.0. The largest absolute Gasteiger partial charge is 0.444 e. The quantitative estimate of drug-likeness (QED) is 0.846. The van der Waals surface area contributed by atoms with Crippen LogP contribution in [0.25, 0.3) is 5.65 Å². The van der Waals surface area contributed by atoms with Crippen LogP contribution in [0.15, 0.2) is 10.9 Å². The maximum absolute atomic E-state index is 12.7. The minimum Gasteiger partial charge on any atom is -0.444 e. The Kier molecular flexibility index (Phi) is 4.58. The highest BCUT2D eigenvalue weighted by molar-refractivity contribution is 5.69. The number of hydrogen-bond acceptors (Lipinski definition) is 4. The topological polar surface area (TPSA) is 79.7 Å². The first-order valence-electron chi connectivity index (χ1n) is 9.15. The average Bonchev–Trinajstić information content (AvgIpc) is 2.95. The number of ether oxygens (including phenoxy) is 1. The molecule has 1 aliphatic rings. The minimum absolute atomic E-state index is 0.105. The molecule has 1 aliphatic heterocycles. The van der Waals surface area contributed by atoms with Crippen molar-refractivity contribution >= 4 is 11.7 Å². The van der Waals surface area contributed by atoms with Crippen molar-refractivity contribution in [3.05, 3.63) is 33.4 Å². The summed E-state index contributed by atoms with van der Waals surface area (Å²) < 4.78 is 7.05. The number of aromatic amines is 1. The average molecular weight is 360 g/mol. The summed E-state index contributed by atoms with van der Waals surface area (Å²) in [5.74, 6) is 0.484. The number of carbonyl (C=O) groups excluding carboxylic acids is 1. The zero-order valence-corrected chi connectivity index (χ0v) is 16.4.